The smallest absolute Gasteiger partial charge is 0.271 e. The van der Waals surface area contributed by atoms with Crippen molar-refractivity contribution in [2.45, 2.75) is 0 Å². The molecule has 22 heavy (non-hydrogen) atoms. The molecule has 0 aliphatic carbocycles. The van der Waals surface area contributed by atoms with Gasteiger partial charge in [0.2, 0.25) is 0 Å². The van der Waals surface area contributed by atoms with Crippen LogP contribution in [0.4, 0.5) is 17.1 Å². The molecule has 0 unspecified atom stereocenters. The van der Waals surface area contributed by atoms with Crippen LogP contribution < -0.4 is 5.43 Å². The molecule has 2 aromatic carbocycles. The number of non-ortho nitro benzene ring substituents is 2. The number of nitrogens with one attached hydrogen (secondary N) is 1. The van der Waals surface area contributed by atoms with E-state index >= 15 is 0 Å². The van der Waals surface area contributed by atoms with Crippen LogP contribution in [0.1, 0.15) is 5.56 Å². The van der Waals surface area contributed by atoms with E-state index in [4.69, 9.17) is 11.6 Å². The highest BCUT2D eigenvalue weighted by atomic mass is 35.5. The molecule has 1 N–H and O–H groups in total. The Morgan fingerprint density at radius 1 is 1.05 bits per heavy atom. The average Bonchev–Trinajstić information content (AvgIpc) is 2.49. The Hall–Kier alpha value is -3.00. The lowest BCUT2D eigenvalue weighted by molar-refractivity contribution is -0.385. The molecule has 0 aromatic heterocycles. The van der Waals surface area contributed by atoms with E-state index in [2.05, 4.69) is 10.5 Å². The Morgan fingerprint density at radius 2 is 1.73 bits per heavy atom. The molecular weight excluding hydrogens is 312 g/mol. The first-order valence-corrected chi connectivity index (χ1v) is 6.32. The summed E-state index contributed by atoms with van der Waals surface area (Å²) in [5.41, 5.74) is 3.18. The van der Waals surface area contributed by atoms with Gasteiger partial charge in [-0.3, -0.25) is 25.7 Å². The van der Waals surface area contributed by atoms with Crippen LogP contribution in [0.25, 0.3) is 0 Å². The quantitative estimate of drug-likeness (QED) is 0.514. The van der Waals surface area contributed by atoms with Crippen molar-refractivity contribution < 1.29 is 9.85 Å². The van der Waals surface area contributed by atoms with Crippen LogP contribution in [0.2, 0.25) is 5.02 Å². The van der Waals surface area contributed by atoms with E-state index in [0.29, 0.717) is 16.3 Å². The molecule has 2 rings (SSSR count). The Balaban J connectivity index is 2.16. The van der Waals surface area contributed by atoms with Crippen LogP contribution in [0, 0.1) is 20.2 Å². The van der Waals surface area contributed by atoms with Gasteiger partial charge in [-0.2, -0.15) is 5.10 Å². The van der Waals surface area contributed by atoms with Crippen LogP contribution in [0.5, 0.6) is 0 Å². The Kier molecular flexibility index (Phi) is 4.64. The molecule has 2 aromatic rings. The molecule has 0 aliphatic heterocycles. The van der Waals surface area contributed by atoms with E-state index < -0.39 is 9.85 Å². The van der Waals surface area contributed by atoms with Gasteiger partial charge in [-0.15, -0.1) is 0 Å². The van der Waals surface area contributed by atoms with Gasteiger partial charge in [0.05, 0.1) is 21.7 Å². The second-order valence-electron chi connectivity index (χ2n) is 4.14. The fourth-order valence-corrected chi connectivity index (χ4v) is 1.78. The van der Waals surface area contributed by atoms with Gasteiger partial charge < -0.3 is 0 Å². The number of nitro groups is 2. The lowest BCUT2D eigenvalue weighted by Crippen LogP contribution is -1.94. The van der Waals surface area contributed by atoms with Crippen molar-refractivity contribution in [1.29, 1.82) is 0 Å². The molecule has 8 nitrogen and oxygen atoms in total. The Bertz CT molecular complexity index is 763. The molecule has 0 bridgehead atoms. The molecule has 0 spiro atoms. The number of hydrogen-bond acceptors (Lipinski definition) is 6. The van der Waals surface area contributed by atoms with Crippen LogP contribution in [-0.2, 0) is 0 Å². The molecule has 9 heteroatoms. The number of hydrogen-bond donors (Lipinski definition) is 1. The fraction of sp³-hybridized carbons (Fsp3) is 0. The summed E-state index contributed by atoms with van der Waals surface area (Å²) in [6.07, 6.45) is 1.30. The van der Waals surface area contributed by atoms with Crippen molar-refractivity contribution in [2.75, 3.05) is 5.43 Å². The predicted octanol–water partition coefficient (Wildman–Crippen LogP) is 3.60. The summed E-state index contributed by atoms with van der Waals surface area (Å²) in [5.74, 6) is 0. The second kappa shape index (κ2) is 6.64. The minimum absolute atomic E-state index is 0.0754. The van der Waals surface area contributed by atoms with Crippen molar-refractivity contribution in [3.05, 3.63) is 73.3 Å². The largest absolute Gasteiger partial charge is 0.278 e. The van der Waals surface area contributed by atoms with Crippen molar-refractivity contribution in [3.63, 3.8) is 0 Å². The minimum atomic E-state index is -0.540. The molecule has 0 radical (unpaired) electrons. The highest BCUT2D eigenvalue weighted by molar-refractivity contribution is 6.33. The van der Waals surface area contributed by atoms with Gasteiger partial charge in [0.25, 0.3) is 11.4 Å². The van der Waals surface area contributed by atoms with E-state index in [1.165, 1.54) is 42.6 Å². The molecule has 0 saturated heterocycles. The minimum Gasteiger partial charge on any atom is -0.278 e. The predicted molar refractivity (Wildman–Crippen MR) is 82.4 cm³/mol. The lowest BCUT2D eigenvalue weighted by atomic mass is 10.2. The van der Waals surface area contributed by atoms with Crippen molar-refractivity contribution in [2.24, 2.45) is 5.10 Å². The van der Waals surface area contributed by atoms with Gasteiger partial charge in [0, 0.05) is 34.9 Å². The summed E-state index contributed by atoms with van der Waals surface area (Å²) in [7, 11) is 0. The summed E-state index contributed by atoms with van der Waals surface area (Å²) >= 11 is 5.92. The second-order valence-corrected chi connectivity index (χ2v) is 4.55. The van der Waals surface area contributed by atoms with Gasteiger partial charge >= 0.3 is 0 Å². The van der Waals surface area contributed by atoms with E-state index in [1.807, 2.05) is 0 Å². The number of anilines is 1. The fourth-order valence-electron chi connectivity index (χ4n) is 1.61. The topological polar surface area (TPSA) is 111 Å². The molecule has 0 aliphatic rings. The molecular formula is C13H9ClN4O4. The van der Waals surface area contributed by atoms with E-state index in [1.54, 1.807) is 6.07 Å². The maximum atomic E-state index is 10.7. The summed E-state index contributed by atoms with van der Waals surface area (Å²) in [6, 6.07) is 9.73. The van der Waals surface area contributed by atoms with Gasteiger partial charge in [-0.1, -0.05) is 17.7 Å². The van der Waals surface area contributed by atoms with Crippen molar-refractivity contribution in [1.82, 2.24) is 0 Å². The first-order valence-electron chi connectivity index (χ1n) is 5.95. The van der Waals surface area contributed by atoms with Gasteiger partial charge in [-0.25, -0.2) is 0 Å². The van der Waals surface area contributed by atoms with E-state index in [-0.39, 0.29) is 11.4 Å². The lowest BCUT2D eigenvalue weighted by Gasteiger charge is -2.01. The van der Waals surface area contributed by atoms with Crippen molar-refractivity contribution >= 4 is 34.9 Å². The SMILES string of the molecule is O=[N+]([O-])c1cccc(N/N=C/c2cc([N+](=O)[O-])ccc2Cl)c1. The highest BCUT2D eigenvalue weighted by Crippen LogP contribution is 2.21. The van der Waals surface area contributed by atoms with Gasteiger partial charge in [-0.05, 0) is 12.1 Å². The summed E-state index contributed by atoms with van der Waals surface area (Å²) in [5, 5.41) is 25.5. The first-order chi connectivity index (χ1) is 10.5. The first kappa shape index (κ1) is 15.4. The zero-order chi connectivity index (χ0) is 16.1. The maximum Gasteiger partial charge on any atom is 0.271 e. The maximum absolute atomic E-state index is 10.7. The number of benzene rings is 2. The summed E-state index contributed by atoms with van der Waals surface area (Å²) in [6.45, 7) is 0. The third kappa shape index (κ3) is 3.76. The summed E-state index contributed by atoms with van der Waals surface area (Å²) < 4.78 is 0. The molecule has 112 valence electrons. The Labute approximate surface area is 129 Å². The zero-order valence-electron chi connectivity index (χ0n) is 11.0. The Morgan fingerprint density at radius 3 is 2.41 bits per heavy atom. The summed E-state index contributed by atoms with van der Waals surface area (Å²) in [4.78, 5) is 20.3. The number of rotatable bonds is 5. The number of hydrazone groups is 1. The normalized spacial score (nSPS) is 10.6. The average molecular weight is 321 g/mol. The van der Waals surface area contributed by atoms with E-state index in [0.717, 1.165) is 0 Å². The molecule has 0 atom stereocenters. The van der Waals surface area contributed by atoms with Crippen molar-refractivity contribution in [3.8, 4) is 0 Å². The number of nitro benzene ring substituents is 2. The van der Waals surface area contributed by atoms with Crippen LogP contribution in [0.15, 0.2) is 47.6 Å². The number of halogens is 1. The van der Waals surface area contributed by atoms with Crippen LogP contribution in [-0.4, -0.2) is 16.1 Å². The third-order valence-electron chi connectivity index (χ3n) is 2.64. The van der Waals surface area contributed by atoms with Crippen LogP contribution in [0.3, 0.4) is 0 Å². The van der Waals surface area contributed by atoms with Crippen LogP contribution >= 0.6 is 11.6 Å². The molecule has 0 amide bonds. The van der Waals surface area contributed by atoms with E-state index in [9.17, 15) is 20.2 Å². The monoisotopic (exact) mass is 320 g/mol. The number of nitrogens with zero attached hydrogens (tertiary/aromatic N) is 3. The molecule has 0 heterocycles. The zero-order valence-corrected chi connectivity index (χ0v) is 11.7. The standard InChI is InChI=1S/C13H9ClN4O4/c14-13-5-4-12(18(21)22)6-9(13)8-15-16-10-2-1-3-11(7-10)17(19)20/h1-8,16H/b15-8+. The van der Waals surface area contributed by atoms with Gasteiger partial charge in [0.15, 0.2) is 0 Å². The molecule has 0 fully saturated rings. The third-order valence-corrected chi connectivity index (χ3v) is 2.99. The van der Waals surface area contributed by atoms with Gasteiger partial charge in [0.1, 0.15) is 0 Å². The molecule has 0 saturated carbocycles. The highest BCUT2D eigenvalue weighted by Gasteiger charge is 2.08.